The van der Waals surface area contributed by atoms with Gasteiger partial charge in [-0.3, -0.25) is 14.7 Å². The maximum Gasteiger partial charge on any atom is 0.246 e. The van der Waals surface area contributed by atoms with E-state index >= 15 is 0 Å². The summed E-state index contributed by atoms with van der Waals surface area (Å²) in [6.45, 7) is 17.0. The van der Waals surface area contributed by atoms with Crippen LogP contribution in [0.15, 0.2) is 48.7 Å². The van der Waals surface area contributed by atoms with Crippen LogP contribution in [0.5, 0.6) is 0 Å². The zero-order chi connectivity index (χ0) is 25.1. The molecule has 4 rings (SSSR count). The number of aromatic nitrogens is 1. The van der Waals surface area contributed by atoms with E-state index < -0.39 is 0 Å². The average molecular weight is 468 g/mol. The van der Waals surface area contributed by atoms with Gasteiger partial charge < -0.3 is 4.90 Å². The van der Waals surface area contributed by atoms with E-state index in [1.165, 1.54) is 44.5 Å². The molecule has 2 heterocycles. The lowest BCUT2D eigenvalue weighted by Crippen LogP contribution is -2.47. The molecule has 182 valence electrons. The fourth-order valence-electron chi connectivity index (χ4n) is 4.72. The molecule has 0 unspecified atom stereocenters. The van der Waals surface area contributed by atoms with Crippen molar-refractivity contribution in [1.82, 2.24) is 14.8 Å². The van der Waals surface area contributed by atoms with Crippen LogP contribution in [0, 0.1) is 41.5 Å². The lowest BCUT2D eigenvalue weighted by atomic mass is 9.98. The van der Waals surface area contributed by atoms with E-state index in [0.717, 1.165) is 44.0 Å². The molecule has 1 fully saturated rings. The minimum atomic E-state index is 0.0959. The van der Waals surface area contributed by atoms with E-state index in [4.69, 9.17) is 0 Å². The lowest BCUT2D eigenvalue weighted by Gasteiger charge is -2.34. The standard InChI is InChI=1S/C31H37N3O/c1-21-7-8-28(26(6)25(21)5)9-10-31(35)34-15-13-33(14-16-34)20-27-11-12-32-30(19-27)29-17-22(2)24(4)23(3)18-29/h7-12,17-19H,13-16,20H2,1-6H3/b10-9+. The van der Waals surface area contributed by atoms with Crippen LogP contribution < -0.4 is 0 Å². The van der Waals surface area contributed by atoms with Gasteiger partial charge in [0.2, 0.25) is 5.91 Å². The topological polar surface area (TPSA) is 36.4 Å². The number of hydrogen-bond donors (Lipinski definition) is 0. The van der Waals surface area contributed by atoms with Crippen molar-refractivity contribution in [2.75, 3.05) is 26.2 Å². The summed E-state index contributed by atoms with van der Waals surface area (Å²) >= 11 is 0. The number of aryl methyl sites for hydroxylation is 3. The molecule has 4 heteroatoms. The SMILES string of the molecule is Cc1cc(-c2cc(CN3CCN(C(=O)/C=C/c4ccc(C)c(C)c4C)CC3)ccn2)cc(C)c1C. The molecule has 1 saturated heterocycles. The maximum atomic E-state index is 12.8. The highest BCUT2D eigenvalue weighted by atomic mass is 16.2. The molecule has 2 aromatic carbocycles. The smallest absolute Gasteiger partial charge is 0.246 e. The van der Waals surface area contributed by atoms with Crippen LogP contribution in [-0.4, -0.2) is 46.9 Å². The fourth-order valence-corrected chi connectivity index (χ4v) is 4.72. The Labute approximate surface area is 210 Å². The van der Waals surface area contributed by atoms with Crippen LogP contribution in [0.1, 0.15) is 44.5 Å². The first kappa shape index (κ1) is 24.9. The summed E-state index contributed by atoms with van der Waals surface area (Å²) in [5, 5.41) is 0. The molecule has 0 N–H and O–H groups in total. The third-order valence-electron chi connectivity index (χ3n) is 7.64. The van der Waals surface area contributed by atoms with Crippen molar-refractivity contribution in [1.29, 1.82) is 0 Å². The fraction of sp³-hybridized carbons (Fsp3) is 0.355. The summed E-state index contributed by atoms with van der Waals surface area (Å²) in [7, 11) is 0. The van der Waals surface area contributed by atoms with Crippen LogP contribution in [-0.2, 0) is 11.3 Å². The number of hydrogen-bond acceptors (Lipinski definition) is 3. The minimum Gasteiger partial charge on any atom is -0.337 e. The van der Waals surface area contributed by atoms with Gasteiger partial charge in [-0.1, -0.05) is 12.1 Å². The average Bonchev–Trinajstić information content (AvgIpc) is 2.85. The van der Waals surface area contributed by atoms with Crippen molar-refractivity contribution in [2.45, 2.75) is 48.1 Å². The molecule has 0 radical (unpaired) electrons. The minimum absolute atomic E-state index is 0.0959. The largest absolute Gasteiger partial charge is 0.337 e. The highest BCUT2D eigenvalue weighted by Crippen LogP contribution is 2.24. The highest BCUT2D eigenvalue weighted by Gasteiger charge is 2.20. The molecule has 1 aromatic heterocycles. The Hall–Kier alpha value is -3.24. The van der Waals surface area contributed by atoms with E-state index in [1.807, 2.05) is 17.2 Å². The molecular formula is C31H37N3O. The van der Waals surface area contributed by atoms with Crippen LogP contribution >= 0.6 is 0 Å². The van der Waals surface area contributed by atoms with E-state index in [-0.39, 0.29) is 5.91 Å². The van der Waals surface area contributed by atoms with Crippen molar-refractivity contribution in [3.63, 3.8) is 0 Å². The third kappa shape index (κ3) is 5.71. The highest BCUT2D eigenvalue weighted by molar-refractivity contribution is 5.92. The monoisotopic (exact) mass is 467 g/mol. The molecule has 35 heavy (non-hydrogen) atoms. The van der Waals surface area contributed by atoms with Crippen LogP contribution in [0.4, 0.5) is 0 Å². The predicted octanol–water partition coefficient (Wildman–Crippen LogP) is 5.96. The van der Waals surface area contributed by atoms with Gasteiger partial charge in [-0.2, -0.15) is 0 Å². The first-order valence-electron chi connectivity index (χ1n) is 12.5. The lowest BCUT2D eigenvalue weighted by molar-refractivity contribution is -0.127. The second-order valence-electron chi connectivity index (χ2n) is 9.94. The molecule has 3 aromatic rings. The summed E-state index contributed by atoms with van der Waals surface area (Å²) in [6, 6.07) is 13.0. The van der Waals surface area contributed by atoms with Crippen molar-refractivity contribution in [2.24, 2.45) is 0 Å². The molecule has 1 aliphatic heterocycles. The zero-order valence-corrected chi connectivity index (χ0v) is 22.0. The van der Waals surface area contributed by atoms with Crippen molar-refractivity contribution in [3.8, 4) is 11.3 Å². The maximum absolute atomic E-state index is 12.8. The van der Waals surface area contributed by atoms with E-state index in [1.54, 1.807) is 6.08 Å². The first-order valence-corrected chi connectivity index (χ1v) is 12.5. The van der Waals surface area contributed by atoms with Crippen molar-refractivity contribution >= 4 is 12.0 Å². The molecule has 0 spiro atoms. The molecule has 1 amide bonds. The molecule has 0 atom stereocenters. The zero-order valence-electron chi connectivity index (χ0n) is 22.0. The first-order chi connectivity index (χ1) is 16.7. The van der Waals surface area contributed by atoms with Crippen LogP contribution in [0.3, 0.4) is 0 Å². The van der Waals surface area contributed by atoms with Crippen LogP contribution in [0.2, 0.25) is 0 Å². The Kier molecular flexibility index (Phi) is 7.51. The normalized spacial score (nSPS) is 14.6. The summed E-state index contributed by atoms with van der Waals surface area (Å²) in [5.41, 5.74) is 12.3. The number of rotatable bonds is 5. The van der Waals surface area contributed by atoms with Crippen molar-refractivity contribution < 1.29 is 4.79 Å². The van der Waals surface area contributed by atoms with Gasteiger partial charge in [-0.15, -0.1) is 0 Å². The second-order valence-corrected chi connectivity index (χ2v) is 9.94. The van der Waals surface area contributed by atoms with Gasteiger partial charge in [0.15, 0.2) is 0 Å². The van der Waals surface area contributed by atoms with Gasteiger partial charge in [0, 0.05) is 50.6 Å². The predicted molar refractivity (Wildman–Crippen MR) is 145 cm³/mol. The number of carbonyl (C=O) groups is 1. The number of amides is 1. The van der Waals surface area contributed by atoms with E-state index in [0.29, 0.717) is 0 Å². The summed E-state index contributed by atoms with van der Waals surface area (Å²) in [5.74, 6) is 0.0959. The Morgan fingerprint density at radius 2 is 1.51 bits per heavy atom. The number of nitrogens with zero attached hydrogens (tertiary/aromatic N) is 3. The molecular weight excluding hydrogens is 430 g/mol. The molecule has 0 saturated carbocycles. The molecule has 1 aliphatic rings. The Morgan fingerprint density at radius 3 is 2.20 bits per heavy atom. The van der Waals surface area contributed by atoms with Gasteiger partial charge in [0.25, 0.3) is 0 Å². The third-order valence-corrected chi connectivity index (χ3v) is 7.64. The van der Waals surface area contributed by atoms with Gasteiger partial charge in [0.1, 0.15) is 0 Å². The van der Waals surface area contributed by atoms with E-state index in [2.05, 4.69) is 87.8 Å². The van der Waals surface area contributed by atoms with Crippen molar-refractivity contribution in [3.05, 3.63) is 93.2 Å². The Balaban J connectivity index is 1.35. The van der Waals surface area contributed by atoms with Gasteiger partial charge in [-0.25, -0.2) is 0 Å². The number of pyridine rings is 1. The van der Waals surface area contributed by atoms with E-state index in [9.17, 15) is 4.79 Å². The summed E-state index contributed by atoms with van der Waals surface area (Å²) in [6.07, 6.45) is 5.60. The van der Waals surface area contributed by atoms with Gasteiger partial charge in [-0.05, 0) is 116 Å². The Bertz CT molecular complexity index is 1240. The quantitative estimate of drug-likeness (QED) is 0.435. The van der Waals surface area contributed by atoms with Gasteiger partial charge >= 0.3 is 0 Å². The number of benzene rings is 2. The van der Waals surface area contributed by atoms with Crippen LogP contribution in [0.25, 0.3) is 17.3 Å². The molecule has 4 nitrogen and oxygen atoms in total. The molecule has 0 aliphatic carbocycles. The summed E-state index contributed by atoms with van der Waals surface area (Å²) in [4.78, 5) is 21.8. The molecule has 0 bridgehead atoms. The Morgan fingerprint density at radius 1 is 0.829 bits per heavy atom. The second kappa shape index (κ2) is 10.6. The number of carbonyl (C=O) groups excluding carboxylic acids is 1. The number of piperazine rings is 1. The summed E-state index contributed by atoms with van der Waals surface area (Å²) < 4.78 is 0. The van der Waals surface area contributed by atoms with Gasteiger partial charge in [0.05, 0.1) is 5.69 Å².